The highest BCUT2D eigenvalue weighted by Crippen LogP contribution is 2.49. The van der Waals surface area contributed by atoms with E-state index in [9.17, 15) is 24.7 Å². The number of aliphatic hydroxyl groups excluding tert-OH is 1. The molecule has 2 unspecified atom stereocenters. The molecule has 0 amide bonds. The van der Waals surface area contributed by atoms with Gasteiger partial charge in [-0.3, -0.25) is 13.9 Å². The zero-order chi connectivity index (χ0) is 34.9. The van der Waals surface area contributed by atoms with Crippen LogP contribution in [0.15, 0.2) is 72.8 Å². The lowest BCUT2D eigenvalue weighted by Gasteiger charge is -2.28. The maximum absolute atomic E-state index is 14.1. The van der Waals surface area contributed by atoms with Crippen molar-refractivity contribution in [3.63, 3.8) is 0 Å². The molecule has 1 saturated heterocycles. The number of aliphatic carboxylic acids is 1. The molecule has 0 spiro atoms. The first-order chi connectivity index (χ1) is 23.4. The SMILES string of the molecule is CC(NP(=O)(OC[C@H]1O[C@@H](n2c(I)nc3c(NCCc4ccccc4)nc(N)nc32)[C@](C)(O)[C@@H]1O)Oc1cccc2ccccc12)C(=O)O. The average Bonchev–Trinajstić information content (AvgIpc) is 3.51. The van der Waals surface area contributed by atoms with Crippen LogP contribution < -0.4 is 20.7 Å². The summed E-state index contributed by atoms with van der Waals surface area (Å²) < 4.78 is 33.7. The lowest BCUT2D eigenvalue weighted by Crippen LogP contribution is -2.44. The number of rotatable bonds is 13. The predicted molar refractivity (Wildman–Crippen MR) is 190 cm³/mol. The van der Waals surface area contributed by atoms with E-state index in [1.54, 1.807) is 24.3 Å². The largest absolute Gasteiger partial charge is 0.480 e. The number of imidazole rings is 1. The van der Waals surface area contributed by atoms with Gasteiger partial charge in [-0.2, -0.15) is 15.1 Å². The average molecular weight is 804 g/mol. The molecule has 3 heterocycles. The fraction of sp³-hybridized carbons (Fsp3) is 0.312. The normalized spacial score (nSPS) is 22.6. The van der Waals surface area contributed by atoms with E-state index < -0.39 is 50.4 Å². The molecule has 3 aromatic carbocycles. The van der Waals surface area contributed by atoms with Crippen LogP contribution in [0.2, 0.25) is 0 Å². The molecule has 5 aromatic rings. The predicted octanol–water partition coefficient (Wildman–Crippen LogP) is 4.10. The number of halogens is 1. The van der Waals surface area contributed by atoms with Crippen molar-refractivity contribution in [3.05, 3.63) is 82.2 Å². The van der Waals surface area contributed by atoms with Gasteiger partial charge in [0, 0.05) is 34.5 Å². The Kier molecular flexibility index (Phi) is 10.1. The van der Waals surface area contributed by atoms with Gasteiger partial charge >= 0.3 is 13.7 Å². The third kappa shape index (κ3) is 7.35. The van der Waals surface area contributed by atoms with Crippen molar-refractivity contribution in [2.75, 3.05) is 24.2 Å². The topological polar surface area (TPSA) is 216 Å². The standard InChI is InChI=1S/C32H35IN7O8P/c1-18(28(42)43)39-49(45,48-22-14-8-12-20-11-6-7-13-21(20)22)46-17-23-25(41)32(2,44)29(47-23)40-27-24(36-30(40)33)26(37-31(34)38-27)35-16-15-19-9-4-3-5-10-19/h3-14,18,23,25,29,41,44H,15-17H2,1-2H3,(H,39,45)(H,42,43)(H3,34,35,37,38)/t18?,23-,25-,29-,32-,49?/m1/s1. The number of carboxylic acid groups (broad SMARTS) is 1. The molecule has 0 aliphatic carbocycles. The summed E-state index contributed by atoms with van der Waals surface area (Å²) in [5.41, 5.74) is 5.92. The molecule has 0 radical (unpaired) electrons. The van der Waals surface area contributed by atoms with E-state index in [1.807, 2.05) is 71.1 Å². The van der Waals surface area contributed by atoms with Crippen molar-refractivity contribution in [1.29, 1.82) is 0 Å². The zero-order valence-electron chi connectivity index (χ0n) is 26.4. The van der Waals surface area contributed by atoms with Gasteiger partial charge in [0.05, 0.1) is 6.61 Å². The molecular weight excluding hydrogens is 768 g/mol. The van der Waals surface area contributed by atoms with Crippen LogP contribution in [0.25, 0.3) is 21.9 Å². The number of anilines is 2. The molecule has 0 saturated carbocycles. The minimum absolute atomic E-state index is 0.0459. The third-order valence-corrected chi connectivity index (χ3v) is 10.5. The molecule has 6 rings (SSSR count). The molecule has 15 nitrogen and oxygen atoms in total. The first kappa shape index (κ1) is 34.9. The molecule has 1 aliphatic rings. The van der Waals surface area contributed by atoms with Gasteiger partial charge < -0.3 is 35.6 Å². The van der Waals surface area contributed by atoms with Crippen molar-refractivity contribution in [3.8, 4) is 5.75 Å². The molecule has 17 heteroatoms. The summed E-state index contributed by atoms with van der Waals surface area (Å²) in [6.07, 6.45) is -3.34. The Bertz CT molecular complexity index is 2030. The number of nitrogens with one attached hydrogen (secondary N) is 2. The summed E-state index contributed by atoms with van der Waals surface area (Å²) >= 11 is 1.96. The number of aliphatic hydroxyl groups is 2. The van der Waals surface area contributed by atoms with Crippen LogP contribution in [0.4, 0.5) is 11.8 Å². The number of benzene rings is 3. The monoisotopic (exact) mass is 803 g/mol. The first-order valence-corrected chi connectivity index (χ1v) is 18.0. The Labute approximate surface area is 294 Å². The van der Waals surface area contributed by atoms with Crippen molar-refractivity contribution < 1.29 is 38.5 Å². The second kappa shape index (κ2) is 14.1. The van der Waals surface area contributed by atoms with Gasteiger partial charge in [-0.1, -0.05) is 66.7 Å². The van der Waals surface area contributed by atoms with Gasteiger partial charge in [0.2, 0.25) is 5.95 Å². The molecular formula is C32H35IN7O8P. The van der Waals surface area contributed by atoms with Gasteiger partial charge in [-0.25, -0.2) is 9.55 Å². The van der Waals surface area contributed by atoms with Gasteiger partial charge in [0.25, 0.3) is 0 Å². The lowest BCUT2D eigenvalue weighted by molar-refractivity contribution is -0.138. The number of nitrogens with zero attached hydrogens (tertiary/aromatic N) is 4. The smallest absolute Gasteiger partial charge is 0.459 e. The summed E-state index contributed by atoms with van der Waals surface area (Å²) in [5, 5.41) is 39.5. The molecule has 1 aliphatic heterocycles. The van der Waals surface area contributed by atoms with E-state index in [1.165, 1.54) is 18.4 Å². The lowest BCUT2D eigenvalue weighted by atomic mass is 9.96. The summed E-state index contributed by atoms with van der Waals surface area (Å²) in [6, 6.07) is 20.9. The number of carboxylic acids is 1. The second-order valence-corrected chi connectivity index (χ2v) is 14.4. The summed E-state index contributed by atoms with van der Waals surface area (Å²) in [6.45, 7) is 2.65. The van der Waals surface area contributed by atoms with E-state index >= 15 is 0 Å². The summed E-state index contributed by atoms with van der Waals surface area (Å²) in [4.78, 5) is 25.0. The summed E-state index contributed by atoms with van der Waals surface area (Å²) in [5.74, 6) is -0.759. The van der Waals surface area contributed by atoms with Crippen LogP contribution in [0, 0.1) is 3.83 Å². The number of nitrogen functional groups attached to an aromatic ring is 1. The number of hydrogen-bond donors (Lipinski definition) is 6. The Balaban J connectivity index is 1.25. The van der Waals surface area contributed by atoms with Crippen molar-refractivity contribution in [2.45, 2.75) is 50.3 Å². The molecule has 1 fully saturated rings. The summed E-state index contributed by atoms with van der Waals surface area (Å²) in [7, 11) is -4.42. The van der Waals surface area contributed by atoms with E-state index in [2.05, 4.69) is 25.4 Å². The Morgan fingerprint density at radius 2 is 1.84 bits per heavy atom. The molecule has 0 bridgehead atoms. The quantitative estimate of drug-likeness (QED) is 0.0562. The zero-order valence-corrected chi connectivity index (χ0v) is 29.5. The fourth-order valence-electron chi connectivity index (χ4n) is 5.58. The van der Waals surface area contributed by atoms with Crippen LogP contribution in [0.5, 0.6) is 5.75 Å². The minimum atomic E-state index is -4.42. The highest BCUT2D eigenvalue weighted by Gasteiger charge is 2.55. The van der Waals surface area contributed by atoms with Crippen LogP contribution in [-0.2, 0) is 25.0 Å². The van der Waals surface area contributed by atoms with Crippen LogP contribution in [-0.4, -0.2) is 77.8 Å². The number of hydrogen-bond acceptors (Lipinski definition) is 12. The van der Waals surface area contributed by atoms with Gasteiger partial charge in [-0.05, 0) is 37.3 Å². The Hall–Kier alpha value is -3.90. The van der Waals surface area contributed by atoms with E-state index in [0.717, 1.165) is 10.9 Å². The van der Waals surface area contributed by atoms with E-state index in [-0.39, 0.29) is 17.3 Å². The van der Waals surface area contributed by atoms with Crippen molar-refractivity contribution >= 4 is 70.0 Å². The number of nitrogens with two attached hydrogens (primary N) is 1. The van der Waals surface area contributed by atoms with Crippen LogP contribution in [0.1, 0.15) is 25.6 Å². The third-order valence-electron chi connectivity index (χ3n) is 8.15. The number of carbonyl (C=O) groups is 1. The first-order valence-electron chi connectivity index (χ1n) is 15.3. The number of aromatic nitrogens is 4. The van der Waals surface area contributed by atoms with E-state index in [4.69, 9.17) is 19.5 Å². The maximum atomic E-state index is 14.1. The van der Waals surface area contributed by atoms with Gasteiger partial charge in [0.15, 0.2) is 27.0 Å². The number of fused-ring (bicyclic) bond motifs is 2. The Morgan fingerprint density at radius 3 is 2.59 bits per heavy atom. The minimum Gasteiger partial charge on any atom is -0.480 e. The number of ether oxygens (including phenoxy) is 1. The van der Waals surface area contributed by atoms with Crippen LogP contribution >= 0.6 is 30.3 Å². The van der Waals surface area contributed by atoms with Gasteiger partial charge in [0.1, 0.15) is 29.6 Å². The molecule has 49 heavy (non-hydrogen) atoms. The Morgan fingerprint density at radius 1 is 1.12 bits per heavy atom. The fourth-order valence-corrected chi connectivity index (χ4v) is 7.83. The maximum Gasteiger partial charge on any atom is 0.459 e. The van der Waals surface area contributed by atoms with Crippen LogP contribution in [0.3, 0.4) is 0 Å². The molecule has 7 N–H and O–H groups in total. The molecule has 6 atom stereocenters. The molecule has 258 valence electrons. The van der Waals surface area contributed by atoms with E-state index in [0.29, 0.717) is 33.5 Å². The van der Waals surface area contributed by atoms with Crippen molar-refractivity contribution in [1.82, 2.24) is 24.6 Å². The highest BCUT2D eigenvalue weighted by atomic mass is 127. The highest BCUT2D eigenvalue weighted by molar-refractivity contribution is 14.1. The van der Waals surface area contributed by atoms with Crippen molar-refractivity contribution in [2.24, 2.45) is 0 Å². The van der Waals surface area contributed by atoms with Gasteiger partial charge in [-0.15, -0.1) is 0 Å². The second-order valence-electron chi connectivity index (χ2n) is 11.8. The molecule has 2 aromatic heterocycles.